The van der Waals surface area contributed by atoms with E-state index < -0.39 is 5.97 Å². The topological polar surface area (TPSA) is 91.4 Å². The van der Waals surface area contributed by atoms with Gasteiger partial charge in [0.05, 0.1) is 12.8 Å². The molecule has 0 radical (unpaired) electrons. The summed E-state index contributed by atoms with van der Waals surface area (Å²) in [6, 6.07) is 9.67. The highest BCUT2D eigenvalue weighted by atomic mass is 16.5. The number of hydrogen-bond acceptors (Lipinski definition) is 6. The number of hydrogen-bond donors (Lipinski definition) is 0. The average molecular weight is 391 g/mol. The number of rotatable bonds is 6. The third-order valence-corrected chi connectivity index (χ3v) is 4.79. The molecule has 0 spiro atoms. The Morgan fingerprint density at radius 1 is 1.10 bits per heavy atom. The molecule has 0 aliphatic rings. The quantitative estimate of drug-likeness (QED) is 0.469. The molecule has 3 heterocycles. The van der Waals surface area contributed by atoms with Crippen LogP contribution in [-0.4, -0.2) is 37.0 Å². The van der Waals surface area contributed by atoms with Crippen molar-refractivity contribution < 1.29 is 9.53 Å². The summed E-state index contributed by atoms with van der Waals surface area (Å²) in [5.41, 5.74) is 2.83. The van der Waals surface area contributed by atoms with Crippen LogP contribution in [0.3, 0.4) is 0 Å². The van der Waals surface area contributed by atoms with Gasteiger partial charge in [0, 0.05) is 11.9 Å². The molecule has 0 aliphatic heterocycles. The minimum absolute atomic E-state index is 0.175. The zero-order valence-electron chi connectivity index (χ0n) is 16.3. The van der Waals surface area contributed by atoms with Crippen molar-refractivity contribution in [2.75, 3.05) is 6.61 Å². The SMILES string of the molecule is CCCCc1ccc(-n2ccc3c(nnc4c(C(=O)OCC)cnn43)c2=O)cc1. The molecule has 148 valence electrons. The van der Waals surface area contributed by atoms with Gasteiger partial charge in [-0.15, -0.1) is 10.2 Å². The van der Waals surface area contributed by atoms with E-state index in [2.05, 4.69) is 22.2 Å². The number of pyridine rings is 1. The Kier molecular flexibility index (Phi) is 5.07. The van der Waals surface area contributed by atoms with Crippen molar-refractivity contribution in [3.05, 3.63) is 64.2 Å². The van der Waals surface area contributed by atoms with Gasteiger partial charge in [-0.1, -0.05) is 25.5 Å². The first-order valence-electron chi connectivity index (χ1n) is 9.66. The van der Waals surface area contributed by atoms with Gasteiger partial charge < -0.3 is 4.74 Å². The molecule has 0 aliphatic carbocycles. The largest absolute Gasteiger partial charge is 0.462 e. The summed E-state index contributed by atoms with van der Waals surface area (Å²) in [4.78, 5) is 25.0. The zero-order valence-corrected chi connectivity index (χ0v) is 16.3. The number of carbonyl (C=O) groups excluding carboxylic acids is 1. The van der Waals surface area contributed by atoms with Crippen molar-refractivity contribution >= 4 is 22.6 Å². The first-order chi connectivity index (χ1) is 14.1. The summed E-state index contributed by atoms with van der Waals surface area (Å²) in [6.07, 6.45) is 6.36. The number of esters is 1. The smallest absolute Gasteiger partial charge is 0.343 e. The second kappa shape index (κ2) is 7.83. The third kappa shape index (κ3) is 3.37. The van der Waals surface area contributed by atoms with Crippen molar-refractivity contribution in [3.63, 3.8) is 0 Å². The van der Waals surface area contributed by atoms with Crippen molar-refractivity contribution in [3.8, 4) is 5.69 Å². The molecule has 0 atom stereocenters. The lowest BCUT2D eigenvalue weighted by molar-refractivity contribution is 0.0528. The van der Waals surface area contributed by atoms with E-state index in [0.717, 1.165) is 24.9 Å². The van der Waals surface area contributed by atoms with Crippen LogP contribution in [0.5, 0.6) is 0 Å². The number of aryl methyl sites for hydroxylation is 1. The molecule has 0 fully saturated rings. The maximum absolute atomic E-state index is 13.0. The molecule has 29 heavy (non-hydrogen) atoms. The lowest BCUT2D eigenvalue weighted by Gasteiger charge is -2.08. The van der Waals surface area contributed by atoms with Crippen LogP contribution in [0.25, 0.3) is 22.4 Å². The number of ether oxygens (including phenoxy) is 1. The van der Waals surface area contributed by atoms with Gasteiger partial charge in [-0.05, 0) is 43.5 Å². The fourth-order valence-electron chi connectivity index (χ4n) is 3.25. The van der Waals surface area contributed by atoms with E-state index in [1.165, 1.54) is 20.8 Å². The average Bonchev–Trinajstić information content (AvgIpc) is 3.18. The van der Waals surface area contributed by atoms with Crippen LogP contribution in [0, 0.1) is 0 Å². The highest BCUT2D eigenvalue weighted by molar-refractivity contribution is 5.96. The molecule has 0 unspecified atom stereocenters. The number of fused-ring (bicyclic) bond motifs is 3. The maximum Gasteiger partial charge on any atom is 0.343 e. The number of unbranched alkanes of at least 4 members (excludes halogenated alkanes) is 1. The first kappa shape index (κ1) is 18.8. The van der Waals surface area contributed by atoms with Crippen LogP contribution in [0.1, 0.15) is 42.6 Å². The molecule has 8 nitrogen and oxygen atoms in total. The molecule has 3 aromatic heterocycles. The standard InChI is InChI=1S/C21H21N5O3/c1-3-5-6-14-7-9-15(10-8-14)25-12-11-17-18(20(25)27)23-24-19-16(13-22-26(17)19)21(28)29-4-2/h7-13H,3-6H2,1-2H3. The van der Waals surface area contributed by atoms with Gasteiger partial charge in [-0.2, -0.15) is 5.10 Å². The van der Waals surface area contributed by atoms with Gasteiger partial charge in [-0.3, -0.25) is 9.36 Å². The van der Waals surface area contributed by atoms with Crippen molar-refractivity contribution in [1.82, 2.24) is 24.4 Å². The summed E-state index contributed by atoms with van der Waals surface area (Å²) >= 11 is 0. The van der Waals surface area contributed by atoms with E-state index in [1.54, 1.807) is 19.2 Å². The number of aromatic nitrogens is 5. The Labute approximate surface area is 166 Å². The van der Waals surface area contributed by atoms with E-state index in [4.69, 9.17) is 4.74 Å². The van der Waals surface area contributed by atoms with Crippen LogP contribution in [0.15, 0.2) is 47.5 Å². The Balaban J connectivity index is 1.77. The molecule has 0 saturated carbocycles. The van der Waals surface area contributed by atoms with Crippen LogP contribution < -0.4 is 5.56 Å². The molecule has 1 aromatic carbocycles. The maximum atomic E-state index is 13.0. The third-order valence-electron chi connectivity index (χ3n) is 4.79. The highest BCUT2D eigenvalue weighted by Gasteiger charge is 2.18. The molecular formula is C21H21N5O3. The van der Waals surface area contributed by atoms with E-state index in [-0.39, 0.29) is 28.9 Å². The predicted octanol–water partition coefficient (Wildman–Crippen LogP) is 2.95. The van der Waals surface area contributed by atoms with Crippen molar-refractivity contribution in [1.29, 1.82) is 0 Å². The number of carbonyl (C=O) groups is 1. The minimum atomic E-state index is -0.521. The number of benzene rings is 1. The van der Waals surface area contributed by atoms with Crippen molar-refractivity contribution in [2.24, 2.45) is 0 Å². The molecule has 4 rings (SSSR count). The van der Waals surface area contributed by atoms with Crippen molar-refractivity contribution in [2.45, 2.75) is 33.1 Å². The predicted molar refractivity (Wildman–Crippen MR) is 108 cm³/mol. The first-order valence-corrected chi connectivity index (χ1v) is 9.66. The molecule has 0 saturated heterocycles. The summed E-state index contributed by atoms with van der Waals surface area (Å²) in [7, 11) is 0. The van der Waals surface area contributed by atoms with Gasteiger partial charge in [0.15, 0.2) is 11.2 Å². The van der Waals surface area contributed by atoms with Gasteiger partial charge in [0.2, 0.25) is 0 Å². The molecule has 0 bridgehead atoms. The second-order valence-electron chi connectivity index (χ2n) is 6.71. The van der Waals surface area contributed by atoms with E-state index in [0.29, 0.717) is 5.52 Å². The Bertz CT molecular complexity index is 1240. The second-order valence-corrected chi connectivity index (χ2v) is 6.71. The van der Waals surface area contributed by atoms with Gasteiger partial charge >= 0.3 is 5.97 Å². The van der Waals surface area contributed by atoms with Crippen LogP contribution >= 0.6 is 0 Å². The summed E-state index contributed by atoms with van der Waals surface area (Å²) in [5, 5.41) is 12.3. The van der Waals surface area contributed by atoms with Crippen LogP contribution in [0.4, 0.5) is 0 Å². The Morgan fingerprint density at radius 3 is 2.62 bits per heavy atom. The van der Waals surface area contributed by atoms with Crippen LogP contribution in [-0.2, 0) is 11.2 Å². The minimum Gasteiger partial charge on any atom is -0.462 e. The molecule has 0 N–H and O–H groups in total. The monoisotopic (exact) mass is 391 g/mol. The molecule has 4 aromatic rings. The normalized spacial score (nSPS) is 11.2. The number of nitrogens with zero attached hydrogens (tertiary/aromatic N) is 5. The Morgan fingerprint density at radius 2 is 1.90 bits per heavy atom. The zero-order chi connectivity index (χ0) is 20.4. The van der Waals surface area contributed by atoms with Gasteiger partial charge in [0.25, 0.3) is 5.56 Å². The fraction of sp³-hybridized carbons (Fsp3) is 0.286. The highest BCUT2D eigenvalue weighted by Crippen LogP contribution is 2.16. The summed E-state index contributed by atoms with van der Waals surface area (Å²) < 4.78 is 7.98. The molecule has 8 heteroatoms. The van der Waals surface area contributed by atoms with E-state index in [9.17, 15) is 9.59 Å². The summed E-state index contributed by atoms with van der Waals surface area (Å²) in [5.74, 6) is -0.521. The van der Waals surface area contributed by atoms with Gasteiger partial charge in [0.1, 0.15) is 11.1 Å². The summed E-state index contributed by atoms with van der Waals surface area (Å²) in [6.45, 7) is 4.14. The van der Waals surface area contributed by atoms with Crippen LogP contribution in [0.2, 0.25) is 0 Å². The lowest BCUT2D eigenvalue weighted by Crippen LogP contribution is -2.20. The Hall–Kier alpha value is -3.55. The van der Waals surface area contributed by atoms with E-state index >= 15 is 0 Å². The van der Waals surface area contributed by atoms with E-state index in [1.807, 2.05) is 24.3 Å². The van der Waals surface area contributed by atoms with Gasteiger partial charge in [-0.25, -0.2) is 9.31 Å². The lowest BCUT2D eigenvalue weighted by atomic mass is 10.1. The molecule has 0 amide bonds. The molecular weight excluding hydrogens is 370 g/mol. The fourth-order valence-corrected chi connectivity index (χ4v) is 3.25.